The zero-order valence-electron chi connectivity index (χ0n) is 12.2. The molecule has 4 nitrogen and oxygen atoms in total. The molecular formula is C15H21NO3. The van der Waals surface area contributed by atoms with Crippen molar-refractivity contribution < 1.29 is 14.4 Å². The van der Waals surface area contributed by atoms with Gasteiger partial charge in [0.15, 0.2) is 6.29 Å². The van der Waals surface area contributed by atoms with Crippen LogP contribution < -0.4 is 0 Å². The van der Waals surface area contributed by atoms with E-state index in [-0.39, 0.29) is 24.4 Å². The number of aldehydes is 1. The average molecular weight is 263 g/mol. The molecule has 0 fully saturated rings. The summed E-state index contributed by atoms with van der Waals surface area (Å²) in [5, 5.41) is 0. The molecule has 0 aromatic carbocycles. The molecule has 1 rings (SSSR count). The van der Waals surface area contributed by atoms with Crippen LogP contribution in [0.4, 0.5) is 0 Å². The molecule has 1 aromatic heterocycles. The molecule has 0 saturated heterocycles. The molecule has 0 bridgehead atoms. The number of rotatable bonds is 6. The van der Waals surface area contributed by atoms with E-state index in [9.17, 15) is 14.4 Å². The number of carbonyl (C=O) groups excluding carboxylic acids is 3. The van der Waals surface area contributed by atoms with Crippen LogP contribution in [0.5, 0.6) is 0 Å². The van der Waals surface area contributed by atoms with Crippen LogP contribution in [0, 0.1) is 19.3 Å². The Hall–Kier alpha value is -1.71. The normalized spacial score (nSPS) is 11.4. The molecule has 0 aliphatic heterocycles. The number of nitrogens with one attached hydrogen (secondary N) is 1. The molecule has 104 valence electrons. The zero-order valence-corrected chi connectivity index (χ0v) is 12.2. The average Bonchev–Trinajstić information content (AvgIpc) is 2.56. The Morgan fingerprint density at radius 1 is 1.21 bits per heavy atom. The van der Waals surface area contributed by atoms with Gasteiger partial charge in [0.2, 0.25) is 0 Å². The second kappa shape index (κ2) is 5.51. The van der Waals surface area contributed by atoms with E-state index in [0.717, 1.165) is 23.1 Å². The Kier molecular flexibility index (Phi) is 4.45. The molecule has 0 spiro atoms. The van der Waals surface area contributed by atoms with Gasteiger partial charge in [-0.2, -0.15) is 0 Å². The Morgan fingerprint density at radius 2 is 1.79 bits per heavy atom. The summed E-state index contributed by atoms with van der Waals surface area (Å²) in [5.74, 6) is 0.0100. The standard InChI is InChI=1S/C15H21NO3/c1-9-10(2)14(8-17)16-13(9)6-12(19)7-15(4,5)11(3)18/h8,16H,6-7H2,1-5H3. The lowest BCUT2D eigenvalue weighted by Gasteiger charge is -2.19. The van der Waals surface area contributed by atoms with Gasteiger partial charge in [0.1, 0.15) is 11.6 Å². The monoisotopic (exact) mass is 263 g/mol. The minimum absolute atomic E-state index is 0.00185. The van der Waals surface area contributed by atoms with Gasteiger partial charge < -0.3 is 4.98 Å². The lowest BCUT2D eigenvalue weighted by atomic mass is 9.82. The topological polar surface area (TPSA) is 67.0 Å². The van der Waals surface area contributed by atoms with E-state index in [1.54, 1.807) is 13.8 Å². The van der Waals surface area contributed by atoms with E-state index in [0.29, 0.717) is 5.69 Å². The Morgan fingerprint density at radius 3 is 2.21 bits per heavy atom. The number of carbonyl (C=O) groups is 3. The van der Waals surface area contributed by atoms with Crippen molar-refractivity contribution in [1.82, 2.24) is 4.98 Å². The molecule has 0 aliphatic carbocycles. The molecule has 0 unspecified atom stereocenters. The number of ketones is 2. The van der Waals surface area contributed by atoms with E-state index in [1.165, 1.54) is 6.92 Å². The largest absolute Gasteiger partial charge is 0.355 e. The van der Waals surface area contributed by atoms with E-state index in [1.807, 2.05) is 13.8 Å². The Bertz CT molecular complexity index is 524. The number of hydrogen-bond acceptors (Lipinski definition) is 3. The minimum atomic E-state index is -0.625. The molecule has 0 amide bonds. The number of Topliss-reactive ketones (excluding diaryl/α,β-unsaturated/α-hetero) is 2. The summed E-state index contributed by atoms with van der Waals surface area (Å²) < 4.78 is 0. The van der Waals surface area contributed by atoms with Gasteiger partial charge in [-0.3, -0.25) is 14.4 Å². The van der Waals surface area contributed by atoms with Crippen LogP contribution in [0.3, 0.4) is 0 Å². The lowest BCUT2D eigenvalue weighted by Crippen LogP contribution is -2.25. The van der Waals surface area contributed by atoms with Crippen molar-refractivity contribution in [2.75, 3.05) is 0 Å². The fraction of sp³-hybridized carbons (Fsp3) is 0.533. The van der Waals surface area contributed by atoms with Gasteiger partial charge in [-0.15, -0.1) is 0 Å². The third-order valence-electron chi connectivity index (χ3n) is 3.79. The summed E-state index contributed by atoms with van der Waals surface area (Å²) in [4.78, 5) is 37.3. The zero-order chi connectivity index (χ0) is 14.8. The first-order chi connectivity index (χ1) is 8.69. The van der Waals surface area contributed by atoms with Crippen LogP contribution in [0.15, 0.2) is 0 Å². The first-order valence-corrected chi connectivity index (χ1v) is 6.35. The summed E-state index contributed by atoms with van der Waals surface area (Å²) in [7, 11) is 0. The summed E-state index contributed by atoms with van der Waals surface area (Å²) in [6.45, 7) is 8.79. The first kappa shape index (κ1) is 15.3. The molecule has 0 saturated carbocycles. The van der Waals surface area contributed by atoms with Crippen LogP contribution >= 0.6 is 0 Å². The molecule has 0 aliphatic rings. The van der Waals surface area contributed by atoms with Crippen LogP contribution in [0.25, 0.3) is 0 Å². The Labute approximate surface area is 113 Å². The predicted octanol–water partition coefficient (Wildman–Crippen LogP) is 2.56. The van der Waals surface area contributed by atoms with Crippen LogP contribution in [-0.4, -0.2) is 22.8 Å². The van der Waals surface area contributed by atoms with Gasteiger partial charge in [-0.25, -0.2) is 0 Å². The number of H-pyrrole nitrogens is 1. The highest BCUT2D eigenvalue weighted by Gasteiger charge is 2.27. The highest BCUT2D eigenvalue weighted by molar-refractivity contribution is 5.90. The smallest absolute Gasteiger partial charge is 0.166 e. The maximum absolute atomic E-state index is 12.0. The molecule has 1 N–H and O–H groups in total. The maximum atomic E-state index is 12.0. The fourth-order valence-corrected chi connectivity index (χ4v) is 1.95. The number of aromatic nitrogens is 1. The molecule has 1 aromatic rings. The van der Waals surface area contributed by atoms with Gasteiger partial charge in [-0.05, 0) is 31.9 Å². The van der Waals surface area contributed by atoms with E-state index in [2.05, 4.69) is 4.98 Å². The third-order valence-corrected chi connectivity index (χ3v) is 3.79. The molecular weight excluding hydrogens is 242 g/mol. The van der Waals surface area contributed by atoms with Crippen molar-refractivity contribution >= 4 is 17.9 Å². The van der Waals surface area contributed by atoms with E-state index < -0.39 is 5.41 Å². The predicted molar refractivity (Wildman–Crippen MR) is 73.4 cm³/mol. The molecule has 0 atom stereocenters. The van der Waals surface area contributed by atoms with Gasteiger partial charge in [0.05, 0.1) is 5.69 Å². The Balaban J connectivity index is 2.84. The summed E-state index contributed by atoms with van der Waals surface area (Å²) in [6.07, 6.45) is 1.21. The number of aromatic amines is 1. The quantitative estimate of drug-likeness (QED) is 0.802. The van der Waals surface area contributed by atoms with Crippen molar-refractivity contribution in [2.24, 2.45) is 5.41 Å². The van der Waals surface area contributed by atoms with Gasteiger partial charge in [0, 0.05) is 24.0 Å². The summed E-state index contributed by atoms with van der Waals surface area (Å²) in [5.41, 5.74) is 2.48. The van der Waals surface area contributed by atoms with Crippen molar-refractivity contribution in [3.05, 3.63) is 22.5 Å². The number of hydrogen-bond donors (Lipinski definition) is 1. The fourth-order valence-electron chi connectivity index (χ4n) is 1.95. The van der Waals surface area contributed by atoms with Crippen LogP contribution in [-0.2, 0) is 16.0 Å². The second-order valence-corrected chi connectivity index (χ2v) is 5.72. The molecule has 4 heteroatoms. The summed E-state index contributed by atoms with van der Waals surface area (Å²) in [6, 6.07) is 0. The van der Waals surface area contributed by atoms with Gasteiger partial charge in [0.25, 0.3) is 0 Å². The molecule has 1 heterocycles. The first-order valence-electron chi connectivity index (χ1n) is 6.35. The minimum Gasteiger partial charge on any atom is -0.355 e. The van der Waals surface area contributed by atoms with Crippen LogP contribution in [0.2, 0.25) is 0 Å². The maximum Gasteiger partial charge on any atom is 0.166 e. The second-order valence-electron chi connectivity index (χ2n) is 5.72. The van der Waals surface area contributed by atoms with Gasteiger partial charge in [-0.1, -0.05) is 13.8 Å². The molecule has 0 radical (unpaired) electrons. The van der Waals surface area contributed by atoms with Crippen molar-refractivity contribution in [1.29, 1.82) is 0 Å². The van der Waals surface area contributed by atoms with E-state index in [4.69, 9.17) is 0 Å². The van der Waals surface area contributed by atoms with Crippen molar-refractivity contribution in [3.63, 3.8) is 0 Å². The third kappa shape index (κ3) is 3.40. The van der Waals surface area contributed by atoms with Crippen molar-refractivity contribution in [3.8, 4) is 0 Å². The van der Waals surface area contributed by atoms with Gasteiger partial charge >= 0.3 is 0 Å². The molecule has 19 heavy (non-hydrogen) atoms. The van der Waals surface area contributed by atoms with Crippen molar-refractivity contribution in [2.45, 2.75) is 47.5 Å². The SMILES string of the molecule is CC(=O)C(C)(C)CC(=O)Cc1[nH]c(C=O)c(C)c1C. The highest BCUT2D eigenvalue weighted by atomic mass is 16.1. The summed E-state index contributed by atoms with van der Waals surface area (Å²) >= 11 is 0. The van der Waals surface area contributed by atoms with Crippen LogP contribution in [0.1, 0.15) is 54.5 Å². The highest BCUT2D eigenvalue weighted by Crippen LogP contribution is 2.24. The van der Waals surface area contributed by atoms with E-state index >= 15 is 0 Å². The lowest BCUT2D eigenvalue weighted by molar-refractivity contribution is -0.130.